The van der Waals surface area contributed by atoms with E-state index >= 15 is 0 Å². The van der Waals surface area contributed by atoms with Gasteiger partial charge in [0.15, 0.2) is 0 Å². The standard InChI is InChI=1S/C54H32N4O.C46H27N3O/c1-2-13-37(14-3-1)57-47-20-10-7-16-39(47)43-30-34(23-27-49(43)57)35-24-28-50-44(31-35)40-17-8-11-21-48(40)58(50)54-55-46-19-9-6-18-42(46)52(56-54)36-25-29-51-45(32-36)41-26-22-33-12-4-5-15-38(33)53(41)59-51;1-2-10-28(11-3-1)31-21-24-40-38(26-31)43-33-14-6-4-12-29(33)20-25-41(43)49(40)46-47-39-17-9-8-16-37(39)44(48-46)32-19-22-35-36-23-18-30-13-5-7-15-34(30)45(36)50-42(35)27-32/h1-32H;1-27H. The van der Waals surface area contributed by atoms with E-state index in [9.17, 15) is 0 Å². The van der Waals surface area contributed by atoms with Crippen molar-refractivity contribution in [2.24, 2.45) is 0 Å². The predicted molar refractivity (Wildman–Crippen MR) is 451 cm³/mol. The van der Waals surface area contributed by atoms with E-state index in [0.717, 1.165) is 148 Å². The monoisotopic (exact) mass is 1390 g/mol. The van der Waals surface area contributed by atoms with Crippen molar-refractivity contribution in [1.29, 1.82) is 0 Å². The van der Waals surface area contributed by atoms with Crippen LogP contribution in [0.3, 0.4) is 0 Å². The Balaban J connectivity index is 0.000000133. The second kappa shape index (κ2) is 23.9. The number of hydrogen-bond acceptors (Lipinski definition) is 6. The molecule has 17 aromatic carbocycles. The molecule has 0 spiro atoms. The number of furan rings is 2. The molecule has 24 rings (SSSR count). The second-order valence-corrected chi connectivity index (χ2v) is 28.4. The first-order valence-corrected chi connectivity index (χ1v) is 36.9. The van der Waals surface area contributed by atoms with Gasteiger partial charge in [0.2, 0.25) is 11.9 Å². The SMILES string of the molecule is c1ccc(-c2ccc3c(c2)c2c4ccccc4ccc2n3-c2nc(-c3ccc4c(c3)oc3c5ccccc5ccc43)c3ccccc3n2)cc1.c1ccc(-n2c3ccccc3c3cc(-c4ccc5c(c4)c4ccccc4n5-c4nc(-c5ccc6oc7c8ccccc8ccc7c6c5)c5ccccc5n4)ccc32)cc1. The summed E-state index contributed by atoms with van der Waals surface area (Å²) in [5.41, 5.74) is 21.6. The molecule has 0 aliphatic rings. The highest BCUT2D eigenvalue weighted by atomic mass is 16.3. The second-order valence-electron chi connectivity index (χ2n) is 28.4. The van der Waals surface area contributed by atoms with Crippen molar-refractivity contribution >= 4 is 163 Å². The first-order chi connectivity index (χ1) is 54.0. The van der Waals surface area contributed by atoms with Gasteiger partial charge in [0.25, 0.3) is 0 Å². The zero-order chi connectivity index (χ0) is 71.4. The molecule has 7 aromatic heterocycles. The number of aromatic nitrogens is 7. The molecule has 0 aliphatic heterocycles. The normalized spacial score (nSPS) is 12.0. The maximum Gasteiger partial charge on any atom is 0.235 e. The third-order valence-electron chi connectivity index (χ3n) is 22.3. The largest absolute Gasteiger partial charge is 0.455 e. The molecule has 9 nitrogen and oxygen atoms in total. The average Bonchev–Trinajstić information content (AvgIpc) is 1.57. The van der Waals surface area contributed by atoms with Gasteiger partial charge in [-0.2, -0.15) is 0 Å². The van der Waals surface area contributed by atoms with Gasteiger partial charge in [-0.25, -0.2) is 19.9 Å². The quantitative estimate of drug-likeness (QED) is 0.158. The van der Waals surface area contributed by atoms with E-state index in [-0.39, 0.29) is 0 Å². The molecule has 0 radical (unpaired) electrons. The van der Waals surface area contributed by atoms with Gasteiger partial charge in [-0.15, -0.1) is 0 Å². The van der Waals surface area contributed by atoms with E-state index in [1.165, 1.54) is 65.4 Å². The van der Waals surface area contributed by atoms with Crippen LogP contribution in [-0.4, -0.2) is 33.6 Å². The van der Waals surface area contributed by atoms with E-state index in [0.29, 0.717) is 11.9 Å². The van der Waals surface area contributed by atoms with Crippen LogP contribution in [-0.2, 0) is 0 Å². The van der Waals surface area contributed by atoms with Crippen LogP contribution in [0.4, 0.5) is 0 Å². The molecule has 0 atom stereocenters. The third kappa shape index (κ3) is 9.46. The van der Waals surface area contributed by atoms with Crippen LogP contribution >= 0.6 is 0 Å². The highest BCUT2D eigenvalue weighted by Gasteiger charge is 2.24. The molecule has 0 saturated heterocycles. The van der Waals surface area contributed by atoms with E-state index in [2.05, 4.69) is 359 Å². The van der Waals surface area contributed by atoms with Crippen LogP contribution in [0, 0.1) is 0 Å². The first kappa shape index (κ1) is 60.6. The van der Waals surface area contributed by atoms with Crippen LogP contribution in [0.5, 0.6) is 0 Å². The number of benzene rings is 17. The Morgan fingerprint density at radius 2 is 0.596 bits per heavy atom. The number of nitrogens with zero attached hydrogens (tertiary/aromatic N) is 7. The van der Waals surface area contributed by atoms with E-state index in [1.807, 2.05) is 12.1 Å². The van der Waals surface area contributed by atoms with E-state index < -0.39 is 0 Å². The van der Waals surface area contributed by atoms with Crippen molar-refractivity contribution in [2.45, 2.75) is 0 Å². The van der Waals surface area contributed by atoms with Crippen molar-refractivity contribution in [1.82, 2.24) is 33.6 Å². The van der Waals surface area contributed by atoms with Crippen molar-refractivity contribution in [2.75, 3.05) is 0 Å². The Hall–Kier alpha value is -14.8. The summed E-state index contributed by atoms with van der Waals surface area (Å²) in [4.78, 5) is 21.3. The number of hydrogen-bond donors (Lipinski definition) is 0. The molecule has 9 heteroatoms. The Morgan fingerprint density at radius 1 is 0.202 bits per heavy atom. The first-order valence-electron chi connectivity index (χ1n) is 36.9. The molecule has 0 unspecified atom stereocenters. The Bertz CT molecular complexity index is 7940. The lowest BCUT2D eigenvalue weighted by atomic mass is 10.0. The van der Waals surface area contributed by atoms with Gasteiger partial charge < -0.3 is 13.4 Å². The Morgan fingerprint density at radius 3 is 1.22 bits per heavy atom. The molecule has 0 N–H and O–H groups in total. The van der Waals surface area contributed by atoms with Crippen LogP contribution in [0.1, 0.15) is 0 Å². The van der Waals surface area contributed by atoms with Crippen molar-refractivity contribution in [3.8, 4) is 62.4 Å². The summed E-state index contributed by atoms with van der Waals surface area (Å²) in [5.74, 6) is 1.27. The Labute approximate surface area is 622 Å². The van der Waals surface area contributed by atoms with Crippen LogP contribution in [0.2, 0.25) is 0 Å². The average molecular weight is 1390 g/mol. The lowest BCUT2D eigenvalue weighted by Gasteiger charge is -2.12. The minimum atomic E-state index is 0.635. The summed E-state index contributed by atoms with van der Waals surface area (Å²) >= 11 is 0. The number of para-hydroxylation sites is 5. The summed E-state index contributed by atoms with van der Waals surface area (Å²) in [6.07, 6.45) is 0. The van der Waals surface area contributed by atoms with Crippen LogP contribution < -0.4 is 0 Å². The molecule has 0 fully saturated rings. The zero-order valence-electron chi connectivity index (χ0n) is 58.5. The van der Waals surface area contributed by atoms with Gasteiger partial charge >= 0.3 is 0 Å². The van der Waals surface area contributed by atoms with Crippen LogP contribution in [0.15, 0.2) is 367 Å². The molecule has 7 heterocycles. The number of rotatable bonds is 7. The highest BCUT2D eigenvalue weighted by molar-refractivity contribution is 6.23. The molecule has 0 bridgehead atoms. The summed E-state index contributed by atoms with van der Waals surface area (Å²) in [7, 11) is 0. The molecule has 0 saturated carbocycles. The summed E-state index contributed by atoms with van der Waals surface area (Å²) in [5, 5.41) is 20.5. The molecule has 109 heavy (non-hydrogen) atoms. The Kier molecular flexibility index (Phi) is 13.3. The molecular formula is C100H59N7O2. The van der Waals surface area contributed by atoms with Crippen LogP contribution in [0.25, 0.3) is 226 Å². The lowest BCUT2D eigenvalue weighted by Crippen LogP contribution is -2.03. The van der Waals surface area contributed by atoms with Gasteiger partial charge in [-0.1, -0.05) is 237 Å². The predicted octanol–water partition coefficient (Wildman–Crippen LogP) is 26.5. The summed E-state index contributed by atoms with van der Waals surface area (Å²) in [6.45, 7) is 0. The van der Waals surface area contributed by atoms with Gasteiger partial charge in [-0.3, -0.25) is 9.13 Å². The van der Waals surface area contributed by atoms with Crippen molar-refractivity contribution in [3.63, 3.8) is 0 Å². The van der Waals surface area contributed by atoms with Gasteiger partial charge in [0, 0.05) is 92.2 Å². The molecule has 506 valence electrons. The van der Waals surface area contributed by atoms with Gasteiger partial charge in [0.1, 0.15) is 22.3 Å². The maximum absolute atomic E-state index is 6.60. The smallest absolute Gasteiger partial charge is 0.235 e. The highest BCUT2D eigenvalue weighted by Crippen LogP contribution is 2.45. The van der Waals surface area contributed by atoms with Gasteiger partial charge in [0.05, 0.1) is 55.5 Å². The van der Waals surface area contributed by atoms with E-state index in [1.54, 1.807) is 0 Å². The topological polar surface area (TPSA) is 92.6 Å². The molecule has 0 aliphatic carbocycles. The molecule has 0 amide bonds. The third-order valence-corrected chi connectivity index (χ3v) is 22.3. The van der Waals surface area contributed by atoms with Crippen molar-refractivity contribution < 1.29 is 8.83 Å². The van der Waals surface area contributed by atoms with E-state index in [4.69, 9.17) is 28.8 Å². The summed E-state index contributed by atoms with van der Waals surface area (Å²) < 4.78 is 19.9. The maximum atomic E-state index is 6.60. The van der Waals surface area contributed by atoms with Gasteiger partial charge in [-0.05, 0) is 165 Å². The summed E-state index contributed by atoms with van der Waals surface area (Å²) in [6, 6.07) is 127. The minimum Gasteiger partial charge on any atom is -0.455 e. The fourth-order valence-electron chi connectivity index (χ4n) is 17.3. The fraction of sp³-hybridized carbons (Fsp3) is 0. The molecule has 24 aromatic rings. The number of fused-ring (bicyclic) bond motifs is 23. The lowest BCUT2D eigenvalue weighted by molar-refractivity contribution is 0.672. The minimum absolute atomic E-state index is 0.635. The zero-order valence-corrected chi connectivity index (χ0v) is 58.5. The fourth-order valence-corrected chi connectivity index (χ4v) is 17.3. The molecular weight excluding hydrogens is 1330 g/mol. The van der Waals surface area contributed by atoms with Crippen molar-refractivity contribution in [3.05, 3.63) is 358 Å².